The number of aliphatic carboxylic acids is 1. The fraction of sp³-hybridized carbons (Fsp3) is 0.857. The van der Waals surface area contributed by atoms with Gasteiger partial charge in [-0.05, 0) is 39.8 Å². The third-order valence-corrected chi connectivity index (χ3v) is 3.25. The van der Waals surface area contributed by atoms with Crippen molar-refractivity contribution in [3.8, 4) is 0 Å². The molecule has 0 aliphatic rings. The van der Waals surface area contributed by atoms with Crippen molar-refractivity contribution in [1.82, 2.24) is 10.2 Å². The number of nitrogens with zero attached hydrogens (tertiary/aromatic N) is 1. The average molecular weight is 272 g/mol. The van der Waals surface area contributed by atoms with Crippen LogP contribution in [0.4, 0.5) is 0 Å². The zero-order valence-electron chi connectivity index (χ0n) is 12.6. The molecule has 0 radical (unpaired) electrons. The van der Waals surface area contributed by atoms with Gasteiger partial charge in [0.1, 0.15) is 6.04 Å². The number of carboxylic acid groups (broad SMARTS) is 1. The molecule has 0 aromatic heterocycles. The van der Waals surface area contributed by atoms with Crippen LogP contribution in [0.15, 0.2) is 0 Å². The molecule has 0 heterocycles. The number of nitrogens with one attached hydrogen (secondary N) is 1. The molecule has 0 fully saturated rings. The van der Waals surface area contributed by atoms with E-state index in [-0.39, 0.29) is 11.9 Å². The molecule has 112 valence electrons. The summed E-state index contributed by atoms with van der Waals surface area (Å²) in [5.41, 5.74) is 0. The van der Waals surface area contributed by atoms with Crippen molar-refractivity contribution < 1.29 is 14.7 Å². The second-order valence-electron chi connectivity index (χ2n) is 4.99. The normalized spacial score (nSPS) is 14.2. The lowest BCUT2D eigenvalue weighted by Gasteiger charge is -2.28. The Hall–Kier alpha value is -1.10. The molecule has 2 unspecified atom stereocenters. The van der Waals surface area contributed by atoms with Gasteiger partial charge in [0, 0.05) is 0 Å². The van der Waals surface area contributed by atoms with E-state index in [1.165, 1.54) is 6.92 Å². The van der Waals surface area contributed by atoms with Gasteiger partial charge in [-0.15, -0.1) is 0 Å². The van der Waals surface area contributed by atoms with Crippen molar-refractivity contribution in [2.45, 2.75) is 65.5 Å². The van der Waals surface area contributed by atoms with Crippen LogP contribution in [0.25, 0.3) is 0 Å². The van der Waals surface area contributed by atoms with Crippen LogP contribution in [0.1, 0.15) is 53.4 Å². The molecule has 0 aromatic rings. The molecule has 0 spiro atoms. The van der Waals surface area contributed by atoms with E-state index in [2.05, 4.69) is 24.1 Å². The highest BCUT2D eigenvalue weighted by Gasteiger charge is 2.23. The van der Waals surface area contributed by atoms with Gasteiger partial charge in [-0.2, -0.15) is 0 Å². The molecule has 0 bridgehead atoms. The van der Waals surface area contributed by atoms with Gasteiger partial charge in [-0.25, -0.2) is 0 Å². The Morgan fingerprint density at radius 3 is 1.95 bits per heavy atom. The summed E-state index contributed by atoms with van der Waals surface area (Å²) in [5.74, 6) is -1.21. The van der Waals surface area contributed by atoms with Crippen molar-refractivity contribution >= 4 is 11.9 Å². The number of carboxylic acids is 1. The van der Waals surface area contributed by atoms with Crippen LogP contribution in [0.3, 0.4) is 0 Å². The Balaban J connectivity index is 4.44. The summed E-state index contributed by atoms with van der Waals surface area (Å²) in [7, 11) is 0. The van der Waals surface area contributed by atoms with Gasteiger partial charge in [0.05, 0.1) is 6.04 Å². The van der Waals surface area contributed by atoms with Crippen molar-refractivity contribution in [3.05, 3.63) is 0 Å². The maximum Gasteiger partial charge on any atom is 0.325 e. The summed E-state index contributed by atoms with van der Waals surface area (Å²) >= 11 is 0. The fourth-order valence-corrected chi connectivity index (χ4v) is 1.78. The van der Waals surface area contributed by atoms with E-state index < -0.39 is 12.0 Å². The van der Waals surface area contributed by atoms with E-state index in [0.29, 0.717) is 0 Å². The molecule has 0 saturated carbocycles. The Kier molecular flexibility index (Phi) is 9.21. The summed E-state index contributed by atoms with van der Waals surface area (Å²) in [6, 6.07) is -1.12. The van der Waals surface area contributed by atoms with Gasteiger partial charge in [0.25, 0.3) is 0 Å². The van der Waals surface area contributed by atoms with Gasteiger partial charge in [-0.3, -0.25) is 14.5 Å². The number of hydrogen-bond acceptors (Lipinski definition) is 3. The molecule has 0 aromatic carbocycles. The topological polar surface area (TPSA) is 69.6 Å². The first kappa shape index (κ1) is 17.9. The number of rotatable bonds is 10. The second-order valence-corrected chi connectivity index (χ2v) is 4.99. The van der Waals surface area contributed by atoms with Crippen LogP contribution in [-0.4, -0.2) is 47.1 Å². The van der Waals surface area contributed by atoms with Gasteiger partial charge in [0.2, 0.25) is 5.91 Å². The van der Waals surface area contributed by atoms with Crippen molar-refractivity contribution in [2.24, 2.45) is 0 Å². The summed E-state index contributed by atoms with van der Waals surface area (Å²) in [4.78, 5) is 24.9. The Morgan fingerprint density at radius 1 is 1.11 bits per heavy atom. The molecule has 0 saturated heterocycles. The van der Waals surface area contributed by atoms with E-state index in [4.69, 9.17) is 5.11 Å². The molecule has 5 nitrogen and oxygen atoms in total. The molecule has 19 heavy (non-hydrogen) atoms. The first-order valence-corrected chi connectivity index (χ1v) is 7.21. The summed E-state index contributed by atoms with van der Waals surface area (Å²) in [6.07, 6.45) is 4.27. The predicted molar refractivity (Wildman–Crippen MR) is 76.1 cm³/mol. The quantitative estimate of drug-likeness (QED) is 0.637. The van der Waals surface area contributed by atoms with E-state index in [1.807, 2.05) is 6.92 Å². The maximum absolute atomic E-state index is 12.0. The van der Waals surface area contributed by atoms with Crippen molar-refractivity contribution in [3.63, 3.8) is 0 Å². The summed E-state index contributed by atoms with van der Waals surface area (Å²) < 4.78 is 0. The molecule has 2 N–H and O–H groups in total. The average Bonchev–Trinajstić information content (AvgIpc) is 2.37. The zero-order chi connectivity index (χ0) is 14.8. The summed E-state index contributed by atoms with van der Waals surface area (Å²) in [6.45, 7) is 9.33. The molecular formula is C14H28N2O3. The van der Waals surface area contributed by atoms with Crippen LogP contribution in [0.5, 0.6) is 0 Å². The molecule has 1 amide bonds. The minimum absolute atomic E-state index is 0.206. The highest BCUT2D eigenvalue weighted by Crippen LogP contribution is 2.05. The standard InChI is InChI=1S/C14H28N2O3/c1-5-7-9-16(10-8-6-2)12(4)13(17)15-11(3)14(18)19/h11-12H,5-10H2,1-4H3,(H,15,17)(H,18,19). The van der Waals surface area contributed by atoms with Crippen LogP contribution < -0.4 is 5.32 Å². The number of hydrogen-bond donors (Lipinski definition) is 2. The number of amides is 1. The fourth-order valence-electron chi connectivity index (χ4n) is 1.78. The van der Waals surface area contributed by atoms with Crippen LogP contribution in [-0.2, 0) is 9.59 Å². The second kappa shape index (κ2) is 9.78. The first-order chi connectivity index (χ1) is 8.93. The van der Waals surface area contributed by atoms with Gasteiger partial charge in [0.15, 0.2) is 0 Å². The van der Waals surface area contributed by atoms with Crippen LogP contribution >= 0.6 is 0 Å². The lowest BCUT2D eigenvalue weighted by atomic mass is 10.2. The van der Waals surface area contributed by atoms with E-state index in [9.17, 15) is 9.59 Å². The minimum atomic E-state index is -1.01. The molecule has 0 aliphatic carbocycles. The highest BCUT2D eigenvalue weighted by molar-refractivity contribution is 5.86. The molecule has 2 atom stereocenters. The maximum atomic E-state index is 12.0. The number of carbonyl (C=O) groups excluding carboxylic acids is 1. The van der Waals surface area contributed by atoms with Gasteiger partial charge in [-0.1, -0.05) is 26.7 Å². The van der Waals surface area contributed by atoms with Crippen LogP contribution in [0, 0.1) is 0 Å². The number of carbonyl (C=O) groups is 2. The SMILES string of the molecule is CCCCN(CCCC)C(C)C(=O)NC(C)C(=O)O. The third-order valence-electron chi connectivity index (χ3n) is 3.25. The van der Waals surface area contributed by atoms with E-state index in [1.54, 1.807) is 0 Å². The van der Waals surface area contributed by atoms with E-state index in [0.717, 1.165) is 38.8 Å². The van der Waals surface area contributed by atoms with Crippen molar-refractivity contribution in [1.29, 1.82) is 0 Å². The zero-order valence-corrected chi connectivity index (χ0v) is 12.6. The third kappa shape index (κ3) is 7.15. The molecule has 0 rings (SSSR count). The largest absolute Gasteiger partial charge is 0.480 e. The van der Waals surface area contributed by atoms with Gasteiger partial charge >= 0.3 is 5.97 Å². The predicted octanol–water partition coefficient (Wildman–Crippen LogP) is 1.87. The number of unbranched alkanes of at least 4 members (excludes halogenated alkanes) is 2. The smallest absolute Gasteiger partial charge is 0.325 e. The molecule has 0 aliphatic heterocycles. The summed E-state index contributed by atoms with van der Waals surface area (Å²) in [5, 5.41) is 11.3. The first-order valence-electron chi connectivity index (χ1n) is 7.21. The monoisotopic (exact) mass is 272 g/mol. The van der Waals surface area contributed by atoms with Crippen LogP contribution in [0.2, 0.25) is 0 Å². The highest BCUT2D eigenvalue weighted by atomic mass is 16.4. The van der Waals surface area contributed by atoms with Gasteiger partial charge < -0.3 is 10.4 Å². The minimum Gasteiger partial charge on any atom is -0.480 e. The lowest BCUT2D eigenvalue weighted by Crippen LogP contribution is -2.50. The van der Waals surface area contributed by atoms with Crippen molar-refractivity contribution in [2.75, 3.05) is 13.1 Å². The molecular weight excluding hydrogens is 244 g/mol. The Bertz CT molecular complexity index is 274. The van der Waals surface area contributed by atoms with E-state index >= 15 is 0 Å². The Labute approximate surface area is 116 Å². The Morgan fingerprint density at radius 2 is 1.58 bits per heavy atom. The molecule has 5 heteroatoms. The lowest BCUT2D eigenvalue weighted by molar-refractivity contribution is -0.142.